The summed E-state index contributed by atoms with van der Waals surface area (Å²) in [5.74, 6) is -2.50. The Balaban J connectivity index is 5.27. The highest BCUT2D eigenvalue weighted by Gasteiger charge is 2.14. The minimum absolute atomic E-state index is 0.0187. The number of nitrogens with two attached hydrogens (primary N) is 1. The maximum atomic E-state index is 10.7. The topological polar surface area (TPSA) is 142 Å². The van der Waals surface area contributed by atoms with E-state index in [0.717, 1.165) is 20.8 Å². The summed E-state index contributed by atoms with van der Waals surface area (Å²) in [4.78, 5) is 45.0. The second-order valence-electron chi connectivity index (χ2n) is 3.34. The molecule has 0 radical (unpaired) electrons. The van der Waals surface area contributed by atoms with Crippen LogP contribution in [0.5, 0.6) is 0 Å². The number of hydrogen-bond donors (Lipinski definition) is 1. The molecule has 0 bridgehead atoms. The first-order valence-electron chi connectivity index (χ1n) is 5.23. The molecule has 10 heteroatoms. The van der Waals surface area contributed by atoms with Crippen LogP contribution >= 0.6 is 0 Å². The highest BCUT2D eigenvalue weighted by Crippen LogP contribution is 1.93. The van der Waals surface area contributed by atoms with Crippen molar-refractivity contribution in [3.63, 3.8) is 0 Å². The number of oxime groups is 3. The molecule has 110 valence electrons. The summed E-state index contributed by atoms with van der Waals surface area (Å²) < 4.78 is 0. The Morgan fingerprint density at radius 1 is 0.750 bits per heavy atom. The highest BCUT2D eigenvalue weighted by molar-refractivity contribution is 6.67. The number of rotatable bonds is 5. The first kappa shape index (κ1) is 17.2. The quantitative estimate of drug-likeness (QED) is 0.316. The van der Waals surface area contributed by atoms with Crippen molar-refractivity contribution in [1.29, 1.82) is 0 Å². The van der Waals surface area contributed by atoms with Gasteiger partial charge in [-0.2, -0.15) is 0 Å². The van der Waals surface area contributed by atoms with Gasteiger partial charge >= 0.3 is 17.9 Å². The summed E-state index contributed by atoms with van der Waals surface area (Å²) in [7, 11) is 0. The average molecular weight is 286 g/mol. The monoisotopic (exact) mass is 286 g/mol. The van der Waals surface area contributed by atoms with E-state index in [0.29, 0.717) is 0 Å². The van der Waals surface area contributed by atoms with E-state index in [9.17, 15) is 14.4 Å². The lowest BCUT2D eigenvalue weighted by Crippen LogP contribution is -2.31. The van der Waals surface area contributed by atoms with Crippen LogP contribution in [0.1, 0.15) is 27.7 Å². The van der Waals surface area contributed by atoms with E-state index in [-0.39, 0.29) is 11.4 Å². The molecule has 10 nitrogen and oxygen atoms in total. The van der Waals surface area contributed by atoms with Gasteiger partial charge in [0.25, 0.3) is 0 Å². The third-order valence-electron chi connectivity index (χ3n) is 1.43. The van der Waals surface area contributed by atoms with E-state index in [1.54, 1.807) is 0 Å². The zero-order valence-corrected chi connectivity index (χ0v) is 11.4. The van der Waals surface area contributed by atoms with Crippen molar-refractivity contribution in [3.05, 3.63) is 0 Å². The van der Waals surface area contributed by atoms with Crippen molar-refractivity contribution in [2.75, 3.05) is 0 Å². The third kappa shape index (κ3) is 7.53. The molecule has 0 rings (SSSR count). The Bertz CT molecular complexity index is 460. The van der Waals surface area contributed by atoms with Crippen LogP contribution < -0.4 is 5.73 Å². The van der Waals surface area contributed by atoms with Crippen molar-refractivity contribution in [3.8, 4) is 0 Å². The lowest BCUT2D eigenvalue weighted by Gasteiger charge is -2.03. The van der Waals surface area contributed by atoms with Gasteiger partial charge in [-0.1, -0.05) is 15.5 Å². The minimum Gasteiger partial charge on any atom is -0.379 e. The maximum absolute atomic E-state index is 10.7. The summed E-state index contributed by atoms with van der Waals surface area (Å²) in [6.07, 6.45) is 0. The molecule has 0 aromatic rings. The van der Waals surface area contributed by atoms with Crippen molar-refractivity contribution < 1.29 is 28.9 Å². The highest BCUT2D eigenvalue weighted by atomic mass is 16.7. The van der Waals surface area contributed by atoms with Gasteiger partial charge in [-0.3, -0.25) is 0 Å². The van der Waals surface area contributed by atoms with Crippen LogP contribution in [0.25, 0.3) is 0 Å². The van der Waals surface area contributed by atoms with E-state index < -0.39 is 23.7 Å². The number of hydrogen-bond acceptors (Lipinski definition) is 9. The fraction of sp³-hybridized carbons (Fsp3) is 0.400. The van der Waals surface area contributed by atoms with Crippen LogP contribution in [0.3, 0.4) is 0 Å². The first-order valence-corrected chi connectivity index (χ1v) is 5.23. The zero-order chi connectivity index (χ0) is 15.7. The lowest BCUT2D eigenvalue weighted by molar-refractivity contribution is -0.142. The van der Waals surface area contributed by atoms with E-state index in [4.69, 9.17) is 5.73 Å². The largest absolute Gasteiger partial charge is 0.379 e. The zero-order valence-electron chi connectivity index (χ0n) is 11.4. The lowest BCUT2D eigenvalue weighted by atomic mass is 10.2. The molecule has 0 spiro atoms. The van der Waals surface area contributed by atoms with Crippen molar-refractivity contribution in [1.82, 2.24) is 0 Å². The van der Waals surface area contributed by atoms with E-state index in [1.165, 1.54) is 6.92 Å². The molecule has 0 aromatic carbocycles. The van der Waals surface area contributed by atoms with E-state index in [1.807, 2.05) is 0 Å². The SMILES string of the molecule is CC(=O)O/N=C(C)/C(=N\OC(C)=O)C(/N)=N\OC(C)=O. The molecular formula is C10H14N4O6. The normalized spacial score (nSPS) is 12.7. The summed E-state index contributed by atoms with van der Waals surface area (Å²) in [6.45, 7) is 4.72. The number of nitrogens with zero attached hydrogens (tertiary/aromatic N) is 3. The smallest absolute Gasteiger partial charge is 0.332 e. The Morgan fingerprint density at radius 3 is 1.60 bits per heavy atom. The molecule has 20 heavy (non-hydrogen) atoms. The Labute approximate surface area is 114 Å². The van der Waals surface area contributed by atoms with Gasteiger partial charge in [-0.15, -0.1) is 0 Å². The summed E-state index contributed by atoms with van der Waals surface area (Å²) in [6, 6.07) is 0. The summed E-state index contributed by atoms with van der Waals surface area (Å²) in [5, 5.41) is 10.0. The second-order valence-corrected chi connectivity index (χ2v) is 3.34. The molecule has 0 heterocycles. The van der Waals surface area contributed by atoms with Crippen molar-refractivity contribution in [2.24, 2.45) is 21.2 Å². The molecule has 0 aliphatic rings. The van der Waals surface area contributed by atoms with Crippen molar-refractivity contribution in [2.45, 2.75) is 27.7 Å². The fourth-order valence-electron chi connectivity index (χ4n) is 0.741. The maximum Gasteiger partial charge on any atom is 0.332 e. The summed E-state index contributed by atoms with van der Waals surface area (Å²) in [5.41, 5.74) is 5.24. The Morgan fingerprint density at radius 2 is 1.15 bits per heavy atom. The van der Waals surface area contributed by atoms with Gasteiger partial charge in [0.05, 0.1) is 0 Å². The second kappa shape index (κ2) is 8.34. The first-order chi connectivity index (χ1) is 9.23. The standard InChI is InChI=1S/C10H14N4O6/c1-5(12-18-6(2)15)9(13-19-7(3)16)10(11)14-20-8(4)17/h1-4H3,(H2,11,14)/b12-5+,13-9+. The Kier molecular flexibility index (Phi) is 7.18. The molecule has 0 atom stereocenters. The van der Waals surface area contributed by atoms with Crippen LogP contribution in [-0.4, -0.2) is 35.2 Å². The number of carbonyl (C=O) groups excluding carboxylic acids is 3. The molecule has 0 amide bonds. The van der Waals surface area contributed by atoms with Crippen molar-refractivity contribution >= 4 is 35.2 Å². The molecule has 0 saturated carbocycles. The van der Waals surface area contributed by atoms with Crippen LogP contribution in [-0.2, 0) is 28.9 Å². The van der Waals surface area contributed by atoms with Crippen LogP contribution in [0, 0.1) is 0 Å². The van der Waals surface area contributed by atoms with E-state index >= 15 is 0 Å². The molecule has 0 aromatic heterocycles. The molecular weight excluding hydrogens is 272 g/mol. The van der Waals surface area contributed by atoms with Gasteiger partial charge < -0.3 is 20.2 Å². The Hall–Kier alpha value is -2.78. The third-order valence-corrected chi connectivity index (χ3v) is 1.43. The van der Waals surface area contributed by atoms with Gasteiger partial charge in [-0.05, 0) is 6.92 Å². The molecule has 0 aliphatic heterocycles. The minimum atomic E-state index is -0.719. The molecule has 0 aliphatic carbocycles. The number of amidine groups is 1. The molecule has 0 unspecified atom stereocenters. The predicted molar refractivity (Wildman–Crippen MR) is 67.5 cm³/mol. The van der Waals surface area contributed by atoms with Crippen LogP contribution in [0.4, 0.5) is 0 Å². The van der Waals surface area contributed by atoms with Gasteiger partial charge in [0, 0.05) is 20.8 Å². The average Bonchev–Trinajstić information content (AvgIpc) is 2.33. The van der Waals surface area contributed by atoms with Gasteiger partial charge in [0.2, 0.25) is 0 Å². The van der Waals surface area contributed by atoms with E-state index in [2.05, 4.69) is 30.0 Å². The van der Waals surface area contributed by atoms with Gasteiger partial charge in [-0.25, -0.2) is 14.4 Å². The summed E-state index contributed by atoms with van der Waals surface area (Å²) >= 11 is 0. The molecule has 0 fully saturated rings. The fourth-order valence-corrected chi connectivity index (χ4v) is 0.741. The van der Waals surface area contributed by atoms with Crippen LogP contribution in [0.15, 0.2) is 15.5 Å². The van der Waals surface area contributed by atoms with Gasteiger partial charge in [0.15, 0.2) is 11.5 Å². The molecule has 2 N–H and O–H groups in total. The molecule has 0 saturated heterocycles. The predicted octanol–water partition coefficient (Wildman–Crippen LogP) is -0.320. The van der Waals surface area contributed by atoms with Gasteiger partial charge in [0.1, 0.15) is 5.71 Å². The van der Waals surface area contributed by atoms with Crippen LogP contribution in [0.2, 0.25) is 0 Å². The number of carbonyl (C=O) groups is 3.